The molecule has 1 aromatic carbocycles. The summed E-state index contributed by atoms with van der Waals surface area (Å²) in [4.78, 5) is 33.5. The van der Waals surface area contributed by atoms with Gasteiger partial charge in [-0.25, -0.2) is 9.50 Å². The molecule has 0 spiro atoms. The van der Waals surface area contributed by atoms with E-state index >= 15 is 0 Å². The van der Waals surface area contributed by atoms with Crippen molar-refractivity contribution >= 4 is 39.8 Å². The van der Waals surface area contributed by atoms with E-state index in [1.807, 2.05) is 53.2 Å². The molecule has 3 saturated heterocycles. The molecular weight excluding hydrogens is 506 g/mol. The number of hydrogen-bond donors (Lipinski definition) is 1. The highest BCUT2D eigenvalue weighted by atomic mass is 35.5. The van der Waals surface area contributed by atoms with Crippen molar-refractivity contribution < 1.29 is 14.3 Å². The van der Waals surface area contributed by atoms with Gasteiger partial charge < -0.3 is 14.6 Å². The van der Waals surface area contributed by atoms with Crippen LogP contribution in [0.25, 0.3) is 27.7 Å². The molecule has 1 unspecified atom stereocenters. The van der Waals surface area contributed by atoms with Gasteiger partial charge in [-0.1, -0.05) is 11.6 Å². The van der Waals surface area contributed by atoms with Crippen LogP contribution in [0.15, 0.2) is 43.0 Å². The first-order valence-corrected chi connectivity index (χ1v) is 13.3. The molecule has 3 fully saturated rings. The first-order valence-electron chi connectivity index (χ1n) is 12.9. The highest BCUT2D eigenvalue weighted by Gasteiger charge is 2.42. The van der Waals surface area contributed by atoms with Crippen LogP contribution in [0, 0.1) is 0 Å². The monoisotopic (exact) mass is 535 g/mol. The highest BCUT2D eigenvalue weighted by molar-refractivity contribution is 6.32. The van der Waals surface area contributed by atoms with Gasteiger partial charge in [0.15, 0.2) is 0 Å². The molecule has 2 amide bonds. The third-order valence-electron chi connectivity index (χ3n) is 7.39. The first-order chi connectivity index (χ1) is 18.5. The van der Waals surface area contributed by atoms with Crippen LogP contribution in [0.2, 0.25) is 5.02 Å². The van der Waals surface area contributed by atoms with Crippen molar-refractivity contribution in [1.29, 1.82) is 0 Å². The van der Waals surface area contributed by atoms with Gasteiger partial charge >= 0.3 is 0 Å². The third-order valence-corrected chi connectivity index (χ3v) is 7.61. The maximum atomic E-state index is 12.9. The molecule has 10 nitrogen and oxygen atoms in total. The predicted molar refractivity (Wildman–Crippen MR) is 144 cm³/mol. The molecule has 11 heteroatoms. The van der Waals surface area contributed by atoms with Crippen LogP contribution in [-0.2, 0) is 27.9 Å². The molecule has 4 aromatic rings. The van der Waals surface area contributed by atoms with Crippen LogP contribution in [0.3, 0.4) is 0 Å². The minimum absolute atomic E-state index is 0.0966. The second-order valence-corrected chi connectivity index (χ2v) is 10.4. The lowest BCUT2D eigenvalue weighted by atomic mass is 10.1. The molecule has 3 aliphatic rings. The van der Waals surface area contributed by atoms with Crippen molar-refractivity contribution in [3.05, 3.63) is 53.6 Å². The molecule has 198 valence electrons. The average Bonchev–Trinajstić information content (AvgIpc) is 3.66. The number of imide groups is 1. The predicted octanol–water partition coefficient (Wildman–Crippen LogP) is 2.48. The van der Waals surface area contributed by atoms with Gasteiger partial charge in [-0.2, -0.15) is 5.10 Å². The van der Waals surface area contributed by atoms with Gasteiger partial charge in [0.25, 0.3) is 0 Å². The lowest BCUT2D eigenvalue weighted by Gasteiger charge is -2.34. The summed E-state index contributed by atoms with van der Waals surface area (Å²) in [5.74, 6) is -0.240. The van der Waals surface area contributed by atoms with Crippen molar-refractivity contribution in [2.24, 2.45) is 7.05 Å². The Labute approximate surface area is 225 Å². The molecule has 38 heavy (non-hydrogen) atoms. The minimum Gasteiger partial charge on any atom is -0.379 e. The Morgan fingerprint density at radius 3 is 2.79 bits per heavy atom. The molecule has 7 rings (SSSR count). The standard InChI is InChI=1S/C23H21ClN6O2.C4H9NO/c1-27-6-4-15-8-16(24)9-17(22(15)27)21-19-7-14(11-30(19)26-13-25-21)10-29-20(31)12-28-5-2-3-18(28)23(29)32;1-3-6-4-2-5-1/h4,6-9,11,13,18H,2-3,5,10,12H2,1H3;5H,1-4H2. The minimum atomic E-state index is -0.169. The number of amides is 2. The van der Waals surface area contributed by atoms with E-state index in [0.29, 0.717) is 11.6 Å². The molecule has 6 heterocycles. The number of rotatable bonds is 3. The summed E-state index contributed by atoms with van der Waals surface area (Å²) in [5, 5.41) is 9.18. The molecule has 3 aliphatic heterocycles. The number of halogens is 1. The molecule has 0 radical (unpaired) electrons. The number of nitrogens with one attached hydrogen (secondary N) is 1. The van der Waals surface area contributed by atoms with E-state index in [0.717, 1.165) is 78.9 Å². The Morgan fingerprint density at radius 1 is 1.18 bits per heavy atom. The van der Waals surface area contributed by atoms with Crippen LogP contribution in [0.4, 0.5) is 0 Å². The Hall–Kier alpha value is -3.31. The van der Waals surface area contributed by atoms with E-state index in [2.05, 4.69) is 15.4 Å². The van der Waals surface area contributed by atoms with Crippen LogP contribution < -0.4 is 5.32 Å². The smallest absolute Gasteiger partial charge is 0.246 e. The maximum Gasteiger partial charge on any atom is 0.246 e. The molecule has 3 aromatic heterocycles. The van der Waals surface area contributed by atoms with E-state index in [-0.39, 0.29) is 24.4 Å². The molecule has 0 saturated carbocycles. The number of nitrogens with zero attached hydrogens (tertiary/aromatic N) is 6. The fourth-order valence-electron chi connectivity index (χ4n) is 5.59. The molecule has 0 bridgehead atoms. The number of ether oxygens (including phenoxy) is 1. The Bertz CT molecular complexity index is 1500. The van der Waals surface area contributed by atoms with Crippen LogP contribution in [0.1, 0.15) is 18.4 Å². The second-order valence-electron chi connectivity index (χ2n) is 9.91. The summed E-state index contributed by atoms with van der Waals surface area (Å²) in [6.07, 6.45) is 7.13. The Balaban J connectivity index is 0.000000390. The second kappa shape index (κ2) is 10.5. The number of piperazine rings is 1. The number of fused-ring (bicyclic) bond motifs is 3. The summed E-state index contributed by atoms with van der Waals surface area (Å²) in [6.45, 7) is 5.20. The third kappa shape index (κ3) is 4.69. The zero-order chi connectivity index (χ0) is 26.2. The van der Waals surface area contributed by atoms with Crippen LogP contribution in [-0.4, -0.2) is 86.2 Å². The summed E-state index contributed by atoms with van der Waals surface area (Å²) in [7, 11) is 1.99. The van der Waals surface area contributed by atoms with Crippen molar-refractivity contribution in [1.82, 2.24) is 34.3 Å². The van der Waals surface area contributed by atoms with Crippen molar-refractivity contribution in [2.75, 3.05) is 39.4 Å². The van der Waals surface area contributed by atoms with E-state index in [9.17, 15) is 9.59 Å². The van der Waals surface area contributed by atoms with Gasteiger partial charge in [0, 0.05) is 48.5 Å². The maximum absolute atomic E-state index is 12.9. The number of hydrogen-bond acceptors (Lipinski definition) is 7. The summed E-state index contributed by atoms with van der Waals surface area (Å²) in [5.41, 5.74) is 4.32. The van der Waals surface area contributed by atoms with Crippen molar-refractivity contribution in [3.63, 3.8) is 0 Å². The van der Waals surface area contributed by atoms with Gasteiger partial charge in [0.1, 0.15) is 6.33 Å². The van der Waals surface area contributed by atoms with E-state index in [1.165, 1.54) is 11.2 Å². The summed E-state index contributed by atoms with van der Waals surface area (Å²) >= 11 is 6.40. The van der Waals surface area contributed by atoms with E-state index in [4.69, 9.17) is 16.3 Å². The zero-order valence-corrected chi connectivity index (χ0v) is 22.0. The number of morpholine rings is 1. The lowest BCUT2D eigenvalue weighted by molar-refractivity contribution is -0.155. The SMILES string of the molecule is C1COCCN1.Cn1ccc2cc(Cl)cc(-c3ncnn4cc(CN5C(=O)CN6CCCC6C5=O)cc34)c21. The van der Waals surface area contributed by atoms with Gasteiger partial charge in [0.2, 0.25) is 11.8 Å². The van der Waals surface area contributed by atoms with Gasteiger partial charge in [0.05, 0.1) is 49.1 Å². The first kappa shape index (κ1) is 25.0. The summed E-state index contributed by atoms with van der Waals surface area (Å²) < 4.78 is 8.79. The lowest BCUT2D eigenvalue weighted by Crippen LogP contribution is -2.56. The van der Waals surface area contributed by atoms with Gasteiger partial charge in [-0.15, -0.1) is 0 Å². The fraction of sp³-hybridized carbons (Fsp3) is 0.407. The largest absolute Gasteiger partial charge is 0.379 e. The van der Waals surface area contributed by atoms with E-state index in [1.54, 1.807) is 4.52 Å². The number of aryl methyl sites for hydroxylation is 1. The summed E-state index contributed by atoms with van der Waals surface area (Å²) in [6, 6.07) is 7.64. The normalized spacial score (nSPS) is 20.2. The Morgan fingerprint density at radius 2 is 2.03 bits per heavy atom. The number of aromatic nitrogens is 4. The molecular formula is C27H30ClN7O3. The Kier molecular flexibility index (Phi) is 6.87. The molecule has 1 N–H and O–H groups in total. The van der Waals surface area contributed by atoms with Crippen LogP contribution >= 0.6 is 11.6 Å². The zero-order valence-electron chi connectivity index (χ0n) is 21.3. The number of carbonyl (C=O) groups is 2. The topological polar surface area (TPSA) is 97.0 Å². The van der Waals surface area contributed by atoms with Crippen molar-refractivity contribution in [2.45, 2.75) is 25.4 Å². The van der Waals surface area contributed by atoms with Crippen LogP contribution in [0.5, 0.6) is 0 Å². The highest BCUT2D eigenvalue weighted by Crippen LogP contribution is 2.34. The number of benzene rings is 1. The molecule has 0 aliphatic carbocycles. The fourth-order valence-corrected chi connectivity index (χ4v) is 5.81. The van der Waals surface area contributed by atoms with E-state index < -0.39 is 0 Å². The number of carbonyl (C=O) groups excluding carboxylic acids is 2. The molecule has 1 atom stereocenters. The quantitative estimate of drug-likeness (QED) is 0.403. The van der Waals surface area contributed by atoms with Gasteiger partial charge in [-0.05, 0) is 49.2 Å². The van der Waals surface area contributed by atoms with Gasteiger partial charge in [-0.3, -0.25) is 19.4 Å². The van der Waals surface area contributed by atoms with Crippen molar-refractivity contribution in [3.8, 4) is 11.3 Å². The average molecular weight is 536 g/mol.